The highest BCUT2D eigenvalue weighted by Crippen LogP contribution is 2.15. The van der Waals surface area contributed by atoms with E-state index >= 15 is 0 Å². The van der Waals surface area contributed by atoms with Crippen molar-refractivity contribution in [3.8, 4) is 5.75 Å². The van der Waals surface area contributed by atoms with Crippen molar-refractivity contribution in [2.45, 2.75) is 13.8 Å². The van der Waals surface area contributed by atoms with Gasteiger partial charge in [-0.2, -0.15) is 0 Å². The van der Waals surface area contributed by atoms with E-state index in [9.17, 15) is 4.79 Å². The molecule has 102 valence electrons. The van der Waals surface area contributed by atoms with Crippen LogP contribution in [0.4, 0.5) is 0 Å². The second-order valence-corrected chi connectivity index (χ2v) is 4.79. The molecule has 0 heterocycles. The van der Waals surface area contributed by atoms with Crippen molar-refractivity contribution in [1.29, 1.82) is 0 Å². The van der Waals surface area contributed by atoms with Gasteiger partial charge in [0.1, 0.15) is 5.75 Å². The number of rotatable bonds is 4. The van der Waals surface area contributed by atoms with Crippen molar-refractivity contribution in [2.24, 2.45) is 0 Å². The van der Waals surface area contributed by atoms with E-state index in [0.717, 1.165) is 28.0 Å². The molecule has 0 bridgehead atoms. The average molecular weight is 266 g/mol. The maximum Gasteiger partial charge on any atom is 0.186 e. The first-order valence-electron chi connectivity index (χ1n) is 6.54. The van der Waals surface area contributed by atoms with E-state index in [-0.39, 0.29) is 5.78 Å². The lowest BCUT2D eigenvalue weighted by Crippen LogP contribution is -1.97. The quantitative estimate of drug-likeness (QED) is 0.612. The van der Waals surface area contributed by atoms with Crippen LogP contribution in [0, 0.1) is 13.8 Å². The highest BCUT2D eigenvalue weighted by molar-refractivity contribution is 6.07. The third-order valence-electron chi connectivity index (χ3n) is 3.19. The Morgan fingerprint density at radius 2 is 1.75 bits per heavy atom. The minimum atomic E-state index is 0.0262. The van der Waals surface area contributed by atoms with Crippen LogP contribution in [0.1, 0.15) is 27.0 Å². The summed E-state index contributed by atoms with van der Waals surface area (Å²) >= 11 is 0. The van der Waals surface area contributed by atoms with Crippen molar-refractivity contribution < 1.29 is 9.53 Å². The molecule has 0 amide bonds. The number of ether oxygens (including phenoxy) is 1. The third kappa shape index (κ3) is 3.35. The Labute approximate surface area is 119 Å². The maximum absolute atomic E-state index is 12.2. The Balaban J connectivity index is 2.15. The fourth-order valence-electron chi connectivity index (χ4n) is 2.07. The summed E-state index contributed by atoms with van der Waals surface area (Å²) in [5.41, 5.74) is 3.90. The second-order valence-electron chi connectivity index (χ2n) is 4.79. The van der Waals surface area contributed by atoms with E-state index in [1.54, 1.807) is 13.2 Å². The number of ketones is 1. The van der Waals surface area contributed by atoms with Gasteiger partial charge in [0.05, 0.1) is 7.11 Å². The fourth-order valence-corrected chi connectivity index (χ4v) is 2.07. The molecule has 0 unspecified atom stereocenters. The van der Waals surface area contributed by atoms with E-state index in [4.69, 9.17) is 4.74 Å². The first kappa shape index (κ1) is 14.1. The van der Waals surface area contributed by atoms with E-state index in [1.807, 2.05) is 62.4 Å². The van der Waals surface area contributed by atoms with Gasteiger partial charge in [0, 0.05) is 5.56 Å². The van der Waals surface area contributed by atoms with Crippen molar-refractivity contribution in [2.75, 3.05) is 7.11 Å². The van der Waals surface area contributed by atoms with E-state index in [1.165, 1.54) is 0 Å². The third-order valence-corrected chi connectivity index (χ3v) is 3.19. The summed E-state index contributed by atoms with van der Waals surface area (Å²) in [6.07, 6.45) is 3.43. The zero-order chi connectivity index (χ0) is 14.5. The summed E-state index contributed by atoms with van der Waals surface area (Å²) in [6, 6.07) is 13.5. The Morgan fingerprint density at radius 3 is 2.35 bits per heavy atom. The second kappa shape index (κ2) is 6.20. The van der Waals surface area contributed by atoms with Gasteiger partial charge in [-0.05, 0) is 43.2 Å². The molecule has 0 saturated carbocycles. The molecule has 0 spiro atoms. The largest absolute Gasteiger partial charge is 0.497 e. The number of aryl methyl sites for hydroxylation is 2. The maximum atomic E-state index is 12.2. The summed E-state index contributed by atoms with van der Waals surface area (Å²) in [5.74, 6) is 0.834. The standard InChI is InChI=1S/C18H18O2/c1-13-4-10-17(14(2)12-13)18(19)11-7-15-5-8-16(20-3)9-6-15/h4-12H,1-3H3. The minimum Gasteiger partial charge on any atom is -0.497 e. The molecule has 0 aromatic heterocycles. The van der Waals surface area contributed by atoms with Gasteiger partial charge in [0.15, 0.2) is 5.78 Å². The Bertz CT molecular complexity index is 637. The first-order chi connectivity index (χ1) is 9.60. The van der Waals surface area contributed by atoms with Crippen LogP contribution in [0.15, 0.2) is 48.5 Å². The van der Waals surface area contributed by atoms with Crippen molar-refractivity contribution in [1.82, 2.24) is 0 Å². The van der Waals surface area contributed by atoms with Crippen LogP contribution in [0.3, 0.4) is 0 Å². The number of allylic oxidation sites excluding steroid dienone is 1. The molecule has 0 aliphatic heterocycles. The smallest absolute Gasteiger partial charge is 0.186 e. The van der Waals surface area contributed by atoms with Gasteiger partial charge < -0.3 is 4.74 Å². The molecule has 0 aliphatic carbocycles. The molecule has 0 N–H and O–H groups in total. The van der Waals surface area contributed by atoms with Crippen LogP contribution in [0.2, 0.25) is 0 Å². The van der Waals surface area contributed by atoms with Crippen LogP contribution < -0.4 is 4.74 Å². The van der Waals surface area contributed by atoms with Gasteiger partial charge in [-0.15, -0.1) is 0 Å². The van der Waals surface area contributed by atoms with Gasteiger partial charge in [0.25, 0.3) is 0 Å². The zero-order valence-electron chi connectivity index (χ0n) is 12.0. The predicted octanol–water partition coefficient (Wildman–Crippen LogP) is 4.21. The lowest BCUT2D eigenvalue weighted by molar-refractivity contribution is 0.104. The van der Waals surface area contributed by atoms with Crippen LogP contribution >= 0.6 is 0 Å². The summed E-state index contributed by atoms with van der Waals surface area (Å²) in [7, 11) is 1.63. The lowest BCUT2D eigenvalue weighted by atomic mass is 10.0. The number of carbonyl (C=O) groups is 1. The topological polar surface area (TPSA) is 26.3 Å². The van der Waals surface area contributed by atoms with Gasteiger partial charge in [0.2, 0.25) is 0 Å². The molecule has 0 radical (unpaired) electrons. The van der Waals surface area contributed by atoms with Crippen LogP contribution in [-0.2, 0) is 0 Å². The van der Waals surface area contributed by atoms with Gasteiger partial charge >= 0.3 is 0 Å². The molecular weight excluding hydrogens is 248 g/mol. The van der Waals surface area contributed by atoms with Crippen LogP contribution in [-0.4, -0.2) is 12.9 Å². The number of carbonyl (C=O) groups excluding carboxylic acids is 1. The SMILES string of the molecule is COc1ccc(C=CC(=O)c2ccc(C)cc2C)cc1. The zero-order valence-corrected chi connectivity index (χ0v) is 12.0. The minimum absolute atomic E-state index is 0.0262. The average Bonchev–Trinajstić information content (AvgIpc) is 2.45. The molecule has 0 atom stereocenters. The van der Waals surface area contributed by atoms with Crippen molar-refractivity contribution >= 4 is 11.9 Å². The van der Waals surface area contributed by atoms with Crippen molar-refractivity contribution in [3.63, 3.8) is 0 Å². The normalized spacial score (nSPS) is 10.8. The van der Waals surface area contributed by atoms with Crippen LogP contribution in [0.5, 0.6) is 5.75 Å². The number of methoxy groups -OCH3 is 1. The summed E-state index contributed by atoms with van der Waals surface area (Å²) < 4.78 is 5.10. The molecule has 2 nitrogen and oxygen atoms in total. The Morgan fingerprint density at radius 1 is 1.05 bits per heavy atom. The molecule has 0 saturated heterocycles. The highest BCUT2D eigenvalue weighted by Gasteiger charge is 2.05. The molecule has 2 aromatic carbocycles. The Kier molecular flexibility index (Phi) is 4.36. The number of hydrogen-bond donors (Lipinski definition) is 0. The molecule has 0 fully saturated rings. The molecule has 2 heteroatoms. The van der Waals surface area contributed by atoms with Crippen molar-refractivity contribution in [3.05, 3.63) is 70.8 Å². The molecule has 0 aliphatic rings. The number of hydrogen-bond acceptors (Lipinski definition) is 2. The predicted molar refractivity (Wildman–Crippen MR) is 82.3 cm³/mol. The molecule has 20 heavy (non-hydrogen) atoms. The molecular formula is C18H18O2. The first-order valence-corrected chi connectivity index (χ1v) is 6.54. The fraction of sp³-hybridized carbons (Fsp3) is 0.167. The van der Waals surface area contributed by atoms with Gasteiger partial charge in [-0.25, -0.2) is 0 Å². The summed E-state index contributed by atoms with van der Waals surface area (Å²) in [6.45, 7) is 3.98. The monoisotopic (exact) mass is 266 g/mol. The van der Waals surface area contributed by atoms with E-state index in [0.29, 0.717) is 0 Å². The van der Waals surface area contributed by atoms with Gasteiger partial charge in [-0.1, -0.05) is 42.0 Å². The molecule has 2 aromatic rings. The summed E-state index contributed by atoms with van der Waals surface area (Å²) in [5, 5.41) is 0. The van der Waals surface area contributed by atoms with Crippen LogP contribution in [0.25, 0.3) is 6.08 Å². The lowest BCUT2D eigenvalue weighted by Gasteiger charge is -2.03. The number of benzene rings is 2. The Hall–Kier alpha value is -2.35. The van der Waals surface area contributed by atoms with E-state index < -0.39 is 0 Å². The van der Waals surface area contributed by atoms with E-state index in [2.05, 4.69) is 0 Å². The van der Waals surface area contributed by atoms with Gasteiger partial charge in [-0.3, -0.25) is 4.79 Å². The molecule has 2 rings (SSSR count). The highest BCUT2D eigenvalue weighted by atomic mass is 16.5. The summed E-state index contributed by atoms with van der Waals surface area (Å²) in [4.78, 5) is 12.2.